The summed E-state index contributed by atoms with van der Waals surface area (Å²) >= 11 is 11.5. The molecule has 2 nitrogen and oxygen atoms in total. The summed E-state index contributed by atoms with van der Waals surface area (Å²) in [6.07, 6.45) is 0. The number of hydrogen-bond acceptors (Lipinski definition) is 1. The standard InChI is InChI=1S/C9H5Cl2N2/c10-8-6-9(11)13(12-8)7-4-2-1-3-5-7/h1-5H. The van der Waals surface area contributed by atoms with Gasteiger partial charge in [0.2, 0.25) is 0 Å². The fourth-order valence-corrected chi connectivity index (χ4v) is 1.47. The van der Waals surface area contributed by atoms with Crippen molar-refractivity contribution in [3.05, 3.63) is 46.7 Å². The highest BCUT2D eigenvalue weighted by Gasteiger charge is 2.05. The van der Waals surface area contributed by atoms with Gasteiger partial charge in [0.05, 0.1) is 11.8 Å². The second kappa shape index (κ2) is 3.40. The molecule has 1 radical (unpaired) electrons. The third-order valence-electron chi connectivity index (χ3n) is 1.58. The minimum atomic E-state index is 0.272. The van der Waals surface area contributed by atoms with E-state index in [0.29, 0.717) is 5.15 Å². The van der Waals surface area contributed by atoms with Gasteiger partial charge < -0.3 is 0 Å². The Hall–Kier alpha value is -0.990. The lowest BCUT2D eigenvalue weighted by Crippen LogP contribution is -1.95. The Morgan fingerprint density at radius 3 is 2.38 bits per heavy atom. The highest BCUT2D eigenvalue weighted by Crippen LogP contribution is 2.18. The third-order valence-corrected chi connectivity index (χ3v) is 2.01. The molecule has 65 valence electrons. The van der Waals surface area contributed by atoms with Gasteiger partial charge in [0, 0.05) is 0 Å². The molecule has 4 heteroatoms. The Bertz CT molecular complexity index is 409. The second-order valence-electron chi connectivity index (χ2n) is 2.45. The van der Waals surface area contributed by atoms with Crippen LogP contribution in [0, 0.1) is 6.07 Å². The molecule has 2 aromatic rings. The van der Waals surface area contributed by atoms with E-state index in [1.807, 2.05) is 30.3 Å². The van der Waals surface area contributed by atoms with E-state index in [1.54, 1.807) is 0 Å². The zero-order valence-electron chi connectivity index (χ0n) is 6.54. The van der Waals surface area contributed by atoms with E-state index in [9.17, 15) is 0 Å². The van der Waals surface area contributed by atoms with Crippen LogP contribution in [-0.4, -0.2) is 9.78 Å². The van der Waals surface area contributed by atoms with Crippen molar-refractivity contribution in [3.8, 4) is 5.69 Å². The van der Waals surface area contributed by atoms with Gasteiger partial charge in [-0.05, 0) is 12.1 Å². The second-order valence-corrected chi connectivity index (χ2v) is 3.17. The van der Waals surface area contributed by atoms with Crippen LogP contribution in [0.1, 0.15) is 0 Å². The van der Waals surface area contributed by atoms with Crippen molar-refractivity contribution >= 4 is 23.2 Å². The number of hydrogen-bond donors (Lipinski definition) is 0. The molecule has 13 heavy (non-hydrogen) atoms. The van der Waals surface area contributed by atoms with E-state index in [0.717, 1.165) is 5.69 Å². The van der Waals surface area contributed by atoms with E-state index >= 15 is 0 Å². The molecule has 0 saturated heterocycles. The predicted molar refractivity (Wildman–Crippen MR) is 52.4 cm³/mol. The van der Waals surface area contributed by atoms with Crippen LogP contribution in [0.25, 0.3) is 5.69 Å². The molecule has 0 amide bonds. The topological polar surface area (TPSA) is 17.8 Å². The van der Waals surface area contributed by atoms with Gasteiger partial charge in [-0.15, -0.1) is 0 Å². The van der Waals surface area contributed by atoms with Crippen molar-refractivity contribution in [1.82, 2.24) is 9.78 Å². The Kier molecular flexibility index (Phi) is 2.25. The van der Waals surface area contributed by atoms with E-state index in [1.165, 1.54) is 4.68 Å². The molecule has 0 aliphatic rings. The number of rotatable bonds is 1. The maximum Gasteiger partial charge on any atom is 0.161 e. The highest BCUT2D eigenvalue weighted by atomic mass is 35.5. The number of para-hydroxylation sites is 1. The fraction of sp³-hybridized carbons (Fsp3) is 0. The van der Waals surface area contributed by atoms with Gasteiger partial charge in [-0.2, -0.15) is 5.10 Å². The van der Waals surface area contributed by atoms with Gasteiger partial charge in [0.15, 0.2) is 5.15 Å². The van der Waals surface area contributed by atoms with Gasteiger partial charge >= 0.3 is 0 Å². The molecule has 0 unspecified atom stereocenters. The van der Waals surface area contributed by atoms with Crippen molar-refractivity contribution in [1.29, 1.82) is 0 Å². The summed E-state index contributed by atoms with van der Waals surface area (Å²) in [7, 11) is 0. The van der Waals surface area contributed by atoms with Crippen LogP contribution in [0.4, 0.5) is 0 Å². The molecule has 1 aromatic heterocycles. The molecule has 0 aliphatic carbocycles. The summed E-state index contributed by atoms with van der Waals surface area (Å²) in [5.41, 5.74) is 0.871. The monoisotopic (exact) mass is 211 g/mol. The SMILES string of the molecule is Clc1[c]c(Cl)n(-c2ccccc2)n1. The smallest absolute Gasteiger partial charge is 0.161 e. The lowest BCUT2D eigenvalue weighted by Gasteiger charge is -2.00. The van der Waals surface area contributed by atoms with E-state index in [-0.39, 0.29) is 5.15 Å². The van der Waals surface area contributed by atoms with E-state index in [4.69, 9.17) is 23.2 Å². The molecule has 0 fully saturated rings. The zero-order chi connectivity index (χ0) is 9.26. The third kappa shape index (κ3) is 1.69. The van der Waals surface area contributed by atoms with Crippen LogP contribution in [0.2, 0.25) is 10.3 Å². The Morgan fingerprint density at radius 1 is 1.15 bits per heavy atom. The first-order valence-corrected chi connectivity index (χ1v) is 4.42. The normalized spacial score (nSPS) is 10.3. The van der Waals surface area contributed by atoms with E-state index < -0.39 is 0 Å². The number of aromatic nitrogens is 2. The largest absolute Gasteiger partial charge is 0.220 e. The summed E-state index contributed by atoms with van der Waals surface area (Å²) in [6.45, 7) is 0. The summed E-state index contributed by atoms with van der Waals surface area (Å²) in [6, 6.07) is 12.2. The number of benzene rings is 1. The minimum Gasteiger partial charge on any atom is -0.220 e. The predicted octanol–water partition coefficient (Wildman–Crippen LogP) is 2.98. The molecular formula is C9H5Cl2N2. The molecule has 0 aliphatic heterocycles. The first-order chi connectivity index (χ1) is 6.27. The Labute approximate surface area is 85.7 Å². The first-order valence-electron chi connectivity index (χ1n) is 3.66. The quantitative estimate of drug-likeness (QED) is 0.710. The fourth-order valence-electron chi connectivity index (χ4n) is 1.04. The van der Waals surface area contributed by atoms with Gasteiger partial charge in [-0.3, -0.25) is 0 Å². The summed E-state index contributed by atoms with van der Waals surface area (Å²) in [4.78, 5) is 0. The summed E-state index contributed by atoms with van der Waals surface area (Å²) < 4.78 is 1.53. The maximum atomic E-state index is 5.84. The molecular weight excluding hydrogens is 207 g/mol. The van der Waals surface area contributed by atoms with Crippen LogP contribution in [0.5, 0.6) is 0 Å². The van der Waals surface area contributed by atoms with E-state index in [2.05, 4.69) is 11.2 Å². The molecule has 0 atom stereocenters. The molecule has 2 rings (SSSR count). The van der Waals surface area contributed by atoms with Gasteiger partial charge in [0.1, 0.15) is 5.15 Å². The Balaban J connectivity index is 2.53. The van der Waals surface area contributed by atoms with Crippen molar-refractivity contribution < 1.29 is 0 Å². The van der Waals surface area contributed by atoms with Crippen LogP contribution < -0.4 is 0 Å². The van der Waals surface area contributed by atoms with Crippen molar-refractivity contribution in [3.63, 3.8) is 0 Å². The van der Waals surface area contributed by atoms with Crippen molar-refractivity contribution in [2.24, 2.45) is 0 Å². The molecule has 0 bridgehead atoms. The maximum absolute atomic E-state index is 5.84. The van der Waals surface area contributed by atoms with Crippen LogP contribution in [-0.2, 0) is 0 Å². The molecule has 0 spiro atoms. The minimum absolute atomic E-state index is 0.272. The van der Waals surface area contributed by atoms with Crippen LogP contribution >= 0.6 is 23.2 Å². The zero-order valence-corrected chi connectivity index (χ0v) is 8.05. The van der Waals surface area contributed by atoms with Gasteiger partial charge in [-0.25, -0.2) is 4.68 Å². The van der Waals surface area contributed by atoms with Gasteiger partial charge in [-0.1, -0.05) is 41.4 Å². The average molecular weight is 212 g/mol. The summed E-state index contributed by atoms with van der Waals surface area (Å²) in [5, 5.41) is 4.63. The number of nitrogens with zero attached hydrogens (tertiary/aromatic N) is 2. The number of halogens is 2. The van der Waals surface area contributed by atoms with Gasteiger partial charge in [0.25, 0.3) is 0 Å². The lowest BCUT2D eigenvalue weighted by molar-refractivity contribution is 0.882. The molecule has 0 saturated carbocycles. The van der Waals surface area contributed by atoms with Crippen molar-refractivity contribution in [2.75, 3.05) is 0 Å². The highest BCUT2D eigenvalue weighted by molar-refractivity contribution is 6.33. The summed E-state index contributed by atoms with van der Waals surface area (Å²) in [5.74, 6) is 0. The molecule has 0 N–H and O–H groups in total. The Morgan fingerprint density at radius 2 is 1.85 bits per heavy atom. The molecule has 1 heterocycles. The molecule has 1 aromatic carbocycles. The van der Waals surface area contributed by atoms with Crippen molar-refractivity contribution in [2.45, 2.75) is 0 Å². The lowest BCUT2D eigenvalue weighted by atomic mass is 10.3. The average Bonchev–Trinajstić information content (AvgIpc) is 2.47. The van der Waals surface area contributed by atoms with Crippen LogP contribution in [0.15, 0.2) is 30.3 Å². The first kappa shape index (κ1) is 8.60. The van der Waals surface area contributed by atoms with Crippen LogP contribution in [0.3, 0.4) is 0 Å².